The molecule has 9 nitrogen and oxygen atoms in total. The van der Waals surface area contributed by atoms with Gasteiger partial charge in [-0.2, -0.15) is 5.10 Å². The van der Waals surface area contributed by atoms with Crippen LogP contribution in [-0.4, -0.2) is 47.7 Å². The molecule has 4 aromatic rings. The number of benzene rings is 1. The van der Waals surface area contributed by atoms with E-state index in [1.807, 2.05) is 6.92 Å². The molecule has 1 aromatic carbocycles. The summed E-state index contributed by atoms with van der Waals surface area (Å²) < 4.78 is 16.8. The number of aliphatic hydroxyl groups is 2. The molecule has 0 amide bonds. The van der Waals surface area contributed by atoms with E-state index in [1.165, 1.54) is 29.0 Å². The second kappa shape index (κ2) is 10.1. The Balaban J connectivity index is 1.60. The molecule has 3 aromatic heterocycles. The van der Waals surface area contributed by atoms with E-state index in [9.17, 15) is 14.3 Å². The van der Waals surface area contributed by atoms with E-state index in [0.29, 0.717) is 35.0 Å². The van der Waals surface area contributed by atoms with Gasteiger partial charge in [0.2, 0.25) is 5.95 Å². The second-order valence-corrected chi connectivity index (χ2v) is 7.95. The third-order valence-electron chi connectivity index (χ3n) is 5.26. The van der Waals surface area contributed by atoms with Crippen LogP contribution in [0, 0.1) is 12.7 Å². The Labute approximate surface area is 199 Å². The molecule has 1 atom stereocenters. The van der Waals surface area contributed by atoms with Crippen LogP contribution < -0.4 is 10.9 Å². The van der Waals surface area contributed by atoms with Crippen molar-refractivity contribution in [1.82, 2.24) is 24.3 Å². The van der Waals surface area contributed by atoms with Gasteiger partial charge in [-0.25, -0.2) is 14.4 Å². The Morgan fingerprint density at radius 3 is 2.74 bits per heavy atom. The zero-order valence-electron chi connectivity index (χ0n) is 18.2. The Kier molecular flexibility index (Phi) is 7.01. The third-order valence-corrected chi connectivity index (χ3v) is 5.57. The fourth-order valence-corrected chi connectivity index (χ4v) is 3.66. The van der Waals surface area contributed by atoms with Crippen LogP contribution in [0.1, 0.15) is 17.3 Å². The van der Waals surface area contributed by atoms with Crippen molar-refractivity contribution in [1.29, 1.82) is 0 Å². The maximum Gasteiger partial charge on any atom is 0.251 e. The number of rotatable bonds is 8. The Morgan fingerprint density at radius 2 is 2.03 bits per heavy atom. The summed E-state index contributed by atoms with van der Waals surface area (Å²) in [4.78, 5) is 21.6. The first kappa shape index (κ1) is 23.6. The minimum Gasteiger partial charge on any atom is -0.394 e. The molecule has 0 aliphatic rings. The summed E-state index contributed by atoms with van der Waals surface area (Å²) in [6.07, 6.45) is 4.84. The first-order valence-electron chi connectivity index (χ1n) is 10.4. The van der Waals surface area contributed by atoms with Crippen molar-refractivity contribution < 1.29 is 14.6 Å². The predicted molar refractivity (Wildman–Crippen MR) is 126 cm³/mol. The maximum atomic E-state index is 13.9. The molecule has 0 unspecified atom stereocenters. The number of halogens is 2. The third kappa shape index (κ3) is 4.98. The van der Waals surface area contributed by atoms with Gasteiger partial charge in [-0.05, 0) is 36.8 Å². The summed E-state index contributed by atoms with van der Waals surface area (Å²) in [6, 6.07) is 8.15. The van der Waals surface area contributed by atoms with Gasteiger partial charge in [0.15, 0.2) is 0 Å². The number of hydrogen-bond donors (Lipinski definition) is 3. The molecule has 0 fully saturated rings. The number of aromatic nitrogens is 5. The van der Waals surface area contributed by atoms with Crippen molar-refractivity contribution in [3.05, 3.63) is 87.4 Å². The fourth-order valence-electron chi connectivity index (χ4n) is 3.54. The number of aryl methyl sites for hydroxylation is 1. The smallest absolute Gasteiger partial charge is 0.251 e. The lowest BCUT2D eigenvalue weighted by Crippen LogP contribution is -2.27. The molecule has 3 N–H and O–H groups in total. The highest BCUT2D eigenvalue weighted by atomic mass is 35.5. The van der Waals surface area contributed by atoms with E-state index in [1.54, 1.807) is 35.3 Å². The summed E-state index contributed by atoms with van der Waals surface area (Å²) in [5.74, 6) is -0.307. The lowest BCUT2D eigenvalue weighted by atomic mass is 10.1. The van der Waals surface area contributed by atoms with Gasteiger partial charge in [-0.15, -0.1) is 0 Å². The molecule has 3 heterocycles. The van der Waals surface area contributed by atoms with Gasteiger partial charge in [0, 0.05) is 30.2 Å². The van der Waals surface area contributed by atoms with Crippen molar-refractivity contribution in [3.63, 3.8) is 0 Å². The lowest BCUT2D eigenvalue weighted by molar-refractivity contribution is 0.247. The van der Waals surface area contributed by atoms with Crippen LogP contribution in [0.25, 0.3) is 11.3 Å². The van der Waals surface area contributed by atoms with Gasteiger partial charge in [0.1, 0.15) is 5.82 Å². The normalized spacial score (nSPS) is 12.0. The molecule has 34 heavy (non-hydrogen) atoms. The zero-order chi connectivity index (χ0) is 24.2. The summed E-state index contributed by atoms with van der Waals surface area (Å²) >= 11 is 5.74. The van der Waals surface area contributed by atoms with Crippen LogP contribution in [0.2, 0.25) is 5.02 Å². The van der Waals surface area contributed by atoms with Gasteiger partial charge in [-0.3, -0.25) is 9.48 Å². The molecular formula is C23H22ClFN6O3. The SMILES string of the molecule is Cc1nn(CCO)cc1Nc1nccc(-c2ccn([C@H](CO)c3ccc(Cl)c(F)c3)c(=O)c2)n1. The first-order valence-corrected chi connectivity index (χ1v) is 10.8. The van der Waals surface area contributed by atoms with Gasteiger partial charge in [0.05, 0.1) is 47.9 Å². The van der Waals surface area contributed by atoms with Crippen LogP contribution in [0.4, 0.5) is 16.0 Å². The highest BCUT2D eigenvalue weighted by molar-refractivity contribution is 6.30. The van der Waals surface area contributed by atoms with Crippen LogP contribution in [0.15, 0.2) is 59.8 Å². The molecule has 4 rings (SSSR count). The number of aliphatic hydroxyl groups excluding tert-OH is 2. The Morgan fingerprint density at radius 1 is 1.21 bits per heavy atom. The number of nitrogens with zero attached hydrogens (tertiary/aromatic N) is 5. The Bertz CT molecular complexity index is 1370. The number of hydrogen-bond acceptors (Lipinski definition) is 7. The molecule has 11 heteroatoms. The van der Waals surface area contributed by atoms with Gasteiger partial charge < -0.3 is 20.1 Å². The fraction of sp³-hybridized carbons (Fsp3) is 0.217. The number of anilines is 2. The van der Waals surface area contributed by atoms with E-state index >= 15 is 0 Å². The van der Waals surface area contributed by atoms with E-state index in [4.69, 9.17) is 16.7 Å². The monoisotopic (exact) mass is 484 g/mol. The van der Waals surface area contributed by atoms with E-state index in [-0.39, 0.29) is 17.2 Å². The van der Waals surface area contributed by atoms with Crippen LogP contribution >= 0.6 is 11.6 Å². The Hall–Kier alpha value is -3.60. The molecular weight excluding hydrogens is 463 g/mol. The highest BCUT2D eigenvalue weighted by Crippen LogP contribution is 2.24. The topological polar surface area (TPSA) is 118 Å². The molecule has 0 saturated carbocycles. The van der Waals surface area contributed by atoms with Crippen molar-refractivity contribution in [2.45, 2.75) is 19.5 Å². The minimum absolute atomic E-state index is 0.0256. The molecule has 0 aliphatic heterocycles. The largest absolute Gasteiger partial charge is 0.394 e. The number of nitrogens with one attached hydrogen (secondary N) is 1. The standard InChI is InChI=1S/C23H22ClFN6O3/c1-14-20(12-30(29-14)8-9-32)28-23-26-6-4-19(27-23)15-5-7-31(22(34)11-15)21(13-33)16-2-3-17(24)18(25)10-16/h2-7,10-12,21,32-33H,8-9,13H2,1H3,(H,26,27,28)/t21-/m1/s1. The number of pyridine rings is 1. The molecule has 0 radical (unpaired) electrons. The van der Waals surface area contributed by atoms with Gasteiger partial charge in [0.25, 0.3) is 5.56 Å². The van der Waals surface area contributed by atoms with E-state index in [2.05, 4.69) is 20.4 Å². The van der Waals surface area contributed by atoms with Gasteiger partial charge >= 0.3 is 0 Å². The summed E-state index contributed by atoms with van der Waals surface area (Å²) in [5, 5.41) is 26.3. The van der Waals surface area contributed by atoms with Crippen LogP contribution in [-0.2, 0) is 6.54 Å². The predicted octanol–water partition coefficient (Wildman–Crippen LogP) is 2.92. The first-order chi connectivity index (χ1) is 16.4. The summed E-state index contributed by atoms with van der Waals surface area (Å²) in [7, 11) is 0. The molecule has 0 aliphatic carbocycles. The average molecular weight is 485 g/mol. The van der Waals surface area contributed by atoms with Gasteiger partial charge in [-0.1, -0.05) is 17.7 Å². The van der Waals surface area contributed by atoms with Crippen molar-refractivity contribution >= 4 is 23.2 Å². The van der Waals surface area contributed by atoms with Crippen molar-refractivity contribution in [3.8, 4) is 11.3 Å². The van der Waals surface area contributed by atoms with Crippen molar-refractivity contribution in [2.75, 3.05) is 18.5 Å². The summed E-state index contributed by atoms with van der Waals surface area (Å²) in [6.45, 7) is 1.77. The van der Waals surface area contributed by atoms with E-state index < -0.39 is 18.5 Å². The molecule has 176 valence electrons. The quantitative estimate of drug-likeness (QED) is 0.352. The maximum absolute atomic E-state index is 13.9. The second-order valence-electron chi connectivity index (χ2n) is 7.54. The zero-order valence-corrected chi connectivity index (χ0v) is 18.9. The highest BCUT2D eigenvalue weighted by Gasteiger charge is 2.17. The molecule has 0 bridgehead atoms. The molecule has 0 spiro atoms. The average Bonchev–Trinajstić information content (AvgIpc) is 3.16. The minimum atomic E-state index is -0.769. The van der Waals surface area contributed by atoms with Crippen LogP contribution in [0.3, 0.4) is 0 Å². The lowest BCUT2D eigenvalue weighted by Gasteiger charge is -2.18. The van der Waals surface area contributed by atoms with Crippen LogP contribution in [0.5, 0.6) is 0 Å². The van der Waals surface area contributed by atoms with E-state index in [0.717, 1.165) is 5.69 Å². The van der Waals surface area contributed by atoms with Crippen molar-refractivity contribution in [2.24, 2.45) is 0 Å². The molecule has 0 saturated heterocycles. The summed E-state index contributed by atoms with van der Waals surface area (Å²) in [5.41, 5.74) is 2.52.